The van der Waals surface area contributed by atoms with Crippen molar-refractivity contribution < 1.29 is 19.0 Å². The highest BCUT2D eigenvalue weighted by Gasteiger charge is 2.15. The van der Waals surface area contributed by atoms with Crippen LogP contribution in [0.2, 0.25) is 0 Å². The second kappa shape index (κ2) is 9.19. The van der Waals surface area contributed by atoms with Crippen molar-refractivity contribution in [1.29, 1.82) is 0 Å². The third kappa shape index (κ3) is 4.90. The lowest BCUT2D eigenvalue weighted by molar-refractivity contribution is 0.237. The summed E-state index contributed by atoms with van der Waals surface area (Å²) in [4.78, 5) is 12.4. The molecule has 0 saturated carbocycles. The van der Waals surface area contributed by atoms with Crippen LogP contribution in [-0.2, 0) is 6.54 Å². The number of ether oxygens (including phenoxy) is 3. The second-order valence-electron chi connectivity index (χ2n) is 6.70. The van der Waals surface area contributed by atoms with Crippen molar-refractivity contribution in [2.75, 3.05) is 21.3 Å². The zero-order valence-electron chi connectivity index (χ0n) is 17.1. The van der Waals surface area contributed by atoms with E-state index in [-0.39, 0.29) is 12.1 Å². The molecule has 6 nitrogen and oxygen atoms in total. The van der Waals surface area contributed by atoms with Crippen LogP contribution in [0.3, 0.4) is 0 Å². The number of hydrogen-bond acceptors (Lipinski definition) is 4. The van der Waals surface area contributed by atoms with Crippen molar-refractivity contribution in [3.8, 4) is 17.2 Å². The van der Waals surface area contributed by atoms with Gasteiger partial charge < -0.3 is 24.8 Å². The standard InChI is InChI=1S/C23H26N2O4/c1-15(21-13-20(28-3)9-10-22(21)29-4)25-23(26)24-14-16-5-6-18-12-19(27-2)8-7-17(18)11-16/h5-13,15H,14H2,1-4H3,(H2,24,25,26)/t15-/m0/s1. The number of methoxy groups -OCH3 is 3. The van der Waals surface area contributed by atoms with Gasteiger partial charge in [-0.15, -0.1) is 0 Å². The van der Waals surface area contributed by atoms with Crippen molar-refractivity contribution >= 4 is 16.8 Å². The average Bonchev–Trinajstić information content (AvgIpc) is 2.76. The number of hydrogen-bond donors (Lipinski definition) is 2. The molecule has 3 aromatic carbocycles. The Hall–Kier alpha value is -3.41. The van der Waals surface area contributed by atoms with Crippen molar-refractivity contribution in [1.82, 2.24) is 10.6 Å². The Bertz CT molecular complexity index is 1000. The summed E-state index contributed by atoms with van der Waals surface area (Å²) < 4.78 is 15.9. The predicted molar refractivity (Wildman–Crippen MR) is 114 cm³/mol. The van der Waals surface area contributed by atoms with Gasteiger partial charge in [-0.2, -0.15) is 0 Å². The first kappa shape index (κ1) is 20.3. The van der Waals surface area contributed by atoms with Gasteiger partial charge in [0, 0.05) is 12.1 Å². The van der Waals surface area contributed by atoms with Gasteiger partial charge in [-0.25, -0.2) is 4.79 Å². The predicted octanol–water partition coefficient (Wildman–Crippen LogP) is 4.43. The summed E-state index contributed by atoms with van der Waals surface area (Å²) in [6.07, 6.45) is 0. The first-order chi connectivity index (χ1) is 14.0. The topological polar surface area (TPSA) is 68.8 Å². The number of urea groups is 1. The molecule has 29 heavy (non-hydrogen) atoms. The molecule has 0 heterocycles. The quantitative estimate of drug-likeness (QED) is 0.622. The SMILES string of the molecule is COc1ccc(OC)c([C@H](C)NC(=O)NCc2ccc3cc(OC)ccc3c2)c1. The van der Waals surface area contributed by atoms with E-state index in [0.29, 0.717) is 18.0 Å². The number of fused-ring (bicyclic) bond motifs is 1. The summed E-state index contributed by atoms with van der Waals surface area (Å²) >= 11 is 0. The number of carbonyl (C=O) groups excluding carboxylic acids is 1. The zero-order valence-corrected chi connectivity index (χ0v) is 17.1. The number of rotatable bonds is 7. The molecule has 0 aromatic heterocycles. The fourth-order valence-corrected chi connectivity index (χ4v) is 3.20. The van der Waals surface area contributed by atoms with Gasteiger partial charge in [-0.05, 0) is 59.7 Å². The minimum Gasteiger partial charge on any atom is -0.497 e. The normalized spacial score (nSPS) is 11.6. The third-order valence-electron chi connectivity index (χ3n) is 4.82. The van der Waals surface area contributed by atoms with Gasteiger partial charge in [0.1, 0.15) is 17.2 Å². The number of benzene rings is 3. The lowest BCUT2D eigenvalue weighted by Gasteiger charge is -2.18. The van der Waals surface area contributed by atoms with E-state index >= 15 is 0 Å². The van der Waals surface area contributed by atoms with Crippen molar-refractivity contribution in [2.24, 2.45) is 0 Å². The van der Waals surface area contributed by atoms with E-state index in [4.69, 9.17) is 14.2 Å². The van der Waals surface area contributed by atoms with Gasteiger partial charge in [0.05, 0.1) is 27.4 Å². The molecule has 3 aromatic rings. The minimum absolute atomic E-state index is 0.246. The summed E-state index contributed by atoms with van der Waals surface area (Å²) in [5.41, 5.74) is 1.87. The highest BCUT2D eigenvalue weighted by atomic mass is 16.5. The summed E-state index contributed by atoms with van der Waals surface area (Å²) in [7, 11) is 4.86. The summed E-state index contributed by atoms with van der Waals surface area (Å²) in [5.74, 6) is 2.23. The Labute approximate surface area is 170 Å². The van der Waals surface area contributed by atoms with Gasteiger partial charge in [0.25, 0.3) is 0 Å². The van der Waals surface area contributed by atoms with Gasteiger partial charge in [-0.1, -0.05) is 18.2 Å². The minimum atomic E-state index is -0.253. The molecule has 152 valence electrons. The van der Waals surface area contributed by atoms with E-state index in [1.165, 1.54) is 0 Å². The molecule has 6 heteroatoms. The second-order valence-corrected chi connectivity index (χ2v) is 6.70. The summed E-state index contributed by atoms with van der Waals surface area (Å²) in [5, 5.41) is 8.04. The molecule has 0 spiro atoms. The lowest BCUT2D eigenvalue weighted by Crippen LogP contribution is -2.36. The van der Waals surface area contributed by atoms with Crippen LogP contribution in [0.1, 0.15) is 24.1 Å². The maximum atomic E-state index is 12.4. The Morgan fingerprint density at radius 2 is 1.52 bits per heavy atom. The van der Waals surface area contributed by atoms with Gasteiger partial charge in [0.15, 0.2) is 0 Å². The molecule has 0 radical (unpaired) electrons. The lowest BCUT2D eigenvalue weighted by atomic mass is 10.1. The highest BCUT2D eigenvalue weighted by Crippen LogP contribution is 2.29. The molecule has 0 fully saturated rings. The van der Waals surface area contributed by atoms with Crippen LogP contribution in [0, 0.1) is 0 Å². The molecule has 3 rings (SSSR count). The van der Waals surface area contributed by atoms with Crippen molar-refractivity contribution in [3.05, 3.63) is 65.7 Å². The fraction of sp³-hybridized carbons (Fsp3) is 0.261. The van der Waals surface area contributed by atoms with Crippen molar-refractivity contribution in [2.45, 2.75) is 19.5 Å². The van der Waals surface area contributed by atoms with E-state index in [0.717, 1.165) is 27.6 Å². The maximum absolute atomic E-state index is 12.4. The van der Waals surface area contributed by atoms with Crippen LogP contribution in [0.4, 0.5) is 4.79 Å². The van der Waals surface area contributed by atoms with Crippen LogP contribution in [0.5, 0.6) is 17.2 Å². The number of carbonyl (C=O) groups is 1. The highest BCUT2D eigenvalue weighted by molar-refractivity contribution is 5.84. The largest absolute Gasteiger partial charge is 0.497 e. The monoisotopic (exact) mass is 394 g/mol. The first-order valence-electron chi connectivity index (χ1n) is 9.37. The van der Waals surface area contributed by atoms with Crippen LogP contribution in [0.25, 0.3) is 10.8 Å². The fourth-order valence-electron chi connectivity index (χ4n) is 3.20. The Kier molecular flexibility index (Phi) is 6.44. The summed E-state index contributed by atoms with van der Waals surface area (Å²) in [6, 6.07) is 17.0. The molecule has 0 aliphatic carbocycles. The van der Waals surface area contributed by atoms with Crippen LogP contribution in [0.15, 0.2) is 54.6 Å². The third-order valence-corrected chi connectivity index (χ3v) is 4.82. The number of nitrogens with one attached hydrogen (secondary N) is 2. The zero-order chi connectivity index (χ0) is 20.8. The van der Waals surface area contributed by atoms with Gasteiger partial charge in [0.2, 0.25) is 0 Å². The Balaban J connectivity index is 1.63. The van der Waals surface area contributed by atoms with Crippen LogP contribution in [-0.4, -0.2) is 27.4 Å². The molecule has 0 aliphatic heterocycles. The molecule has 0 saturated heterocycles. The number of amides is 2. The van der Waals surface area contributed by atoms with E-state index in [9.17, 15) is 4.79 Å². The molecule has 2 amide bonds. The molecule has 0 aliphatic rings. The molecule has 0 bridgehead atoms. The Morgan fingerprint density at radius 3 is 2.24 bits per heavy atom. The molecule has 2 N–H and O–H groups in total. The molecular formula is C23H26N2O4. The average molecular weight is 394 g/mol. The molecule has 1 atom stereocenters. The first-order valence-corrected chi connectivity index (χ1v) is 9.37. The molecule has 0 unspecified atom stereocenters. The van der Waals surface area contributed by atoms with Crippen molar-refractivity contribution in [3.63, 3.8) is 0 Å². The smallest absolute Gasteiger partial charge is 0.315 e. The van der Waals surface area contributed by atoms with Crippen LogP contribution >= 0.6 is 0 Å². The van der Waals surface area contributed by atoms with E-state index in [1.54, 1.807) is 21.3 Å². The van der Waals surface area contributed by atoms with Gasteiger partial charge in [-0.3, -0.25) is 0 Å². The van der Waals surface area contributed by atoms with Crippen LogP contribution < -0.4 is 24.8 Å². The van der Waals surface area contributed by atoms with E-state index < -0.39 is 0 Å². The molecular weight excluding hydrogens is 368 g/mol. The summed E-state index contributed by atoms with van der Waals surface area (Å²) in [6.45, 7) is 2.33. The van der Waals surface area contributed by atoms with E-state index in [2.05, 4.69) is 16.7 Å². The van der Waals surface area contributed by atoms with E-state index in [1.807, 2.05) is 55.5 Å². The maximum Gasteiger partial charge on any atom is 0.315 e. The van der Waals surface area contributed by atoms with Gasteiger partial charge >= 0.3 is 6.03 Å². The Morgan fingerprint density at radius 1 is 0.862 bits per heavy atom.